The van der Waals surface area contributed by atoms with Crippen LogP contribution in [0.25, 0.3) is 21.8 Å². The van der Waals surface area contributed by atoms with Crippen molar-refractivity contribution in [2.24, 2.45) is 0 Å². The number of rotatable bonds is 2. The number of pyridine rings is 1. The van der Waals surface area contributed by atoms with Crippen LogP contribution in [0.4, 0.5) is 15.4 Å². The topological polar surface area (TPSA) is 114 Å². The van der Waals surface area contributed by atoms with Gasteiger partial charge in [0.25, 0.3) is 0 Å². The second kappa shape index (κ2) is 7.21. The van der Waals surface area contributed by atoms with Gasteiger partial charge >= 0.3 is 0 Å². The summed E-state index contributed by atoms with van der Waals surface area (Å²) >= 11 is 0. The lowest BCUT2D eigenvalue weighted by atomic mass is 9.74. The van der Waals surface area contributed by atoms with E-state index in [1.165, 1.54) is 0 Å². The number of nitrogens with zero attached hydrogens (tertiary/aromatic N) is 4. The lowest BCUT2D eigenvalue weighted by Crippen LogP contribution is -2.51. The molecule has 2 heterocycles. The van der Waals surface area contributed by atoms with E-state index in [1.54, 1.807) is 4.68 Å². The molecule has 166 valence electrons. The molecule has 8 nitrogen and oxygen atoms in total. The van der Waals surface area contributed by atoms with Gasteiger partial charge < -0.3 is 19.8 Å². The average molecular weight is 425 g/mol. The zero-order valence-corrected chi connectivity index (χ0v) is 19.3. The smallest absolute Gasteiger partial charge is 0.168 e. The molecule has 0 saturated heterocycles. The number of hydrogen-bond donors (Lipinski definition) is 0. The lowest BCUT2D eigenvalue weighted by Gasteiger charge is -2.32. The minimum atomic E-state index is -1.93. The predicted octanol–water partition coefficient (Wildman–Crippen LogP) is 3.00. The third-order valence-corrected chi connectivity index (χ3v) is 5.52. The molecule has 0 atom stereocenters. The maximum absolute atomic E-state index is 11.7. The molecule has 0 bridgehead atoms. The number of anilines is 1. The third-order valence-electron chi connectivity index (χ3n) is 5.52. The first-order valence-electron chi connectivity index (χ1n) is 10.3. The summed E-state index contributed by atoms with van der Waals surface area (Å²) in [4.78, 5) is 28.0. The zero-order valence-electron chi connectivity index (χ0n) is 19.3. The molecule has 3 rings (SSSR count). The van der Waals surface area contributed by atoms with Crippen LogP contribution in [0, 0.1) is 6.92 Å². The Balaban J connectivity index is 2.66. The summed E-state index contributed by atoms with van der Waals surface area (Å²) in [5.41, 5.74) is 2.96. The first kappa shape index (κ1) is 22.5. The number of carbonyl (C=O) groups excluding carboxylic acids is 2. The van der Waals surface area contributed by atoms with E-state index in [1.807, 2.05) is 19.9 Å². The summed E-state index contributed by atoms with van der Waals surface area (Å²) in [6, 6.07) is 4.03. The van der Waals surface area contributed by atoms with Crippen LogP contribution < -0.4 is 15.1 Å². The van der Waals surface area contributed by atoms with Gasteiger partial charge in [0.1, 0.15) is 17.7 Å². The molecule has 0 spiro atoms. The Morgan fingerprint density at radius 2 is 1.58 bits per heavy atom. The molecular formula is C23H28N4O4-2. The molecule has 2 amide bonds. The van der Waals surface area contributed by atoms with Crippen LogP contribution in [0.2, 0.25) is 0 Å². The maximum atomic E-state index is 11.7. The maximum Gasteiger partial charge on any atom is 0.168 e. The van der Waals surface area contributed by atoms with Gasteiger partial charge in [0.2, 0.25) is 0 Å². The van der Waals surface area contributed by atoms with Crippen molar-refractivity contribution in [3.8, 4) is 0 Å². The molecule has 0 fully saturated rings. The Morgan fingerprint density at radius 3 is 2.03 bits per heavy atom. The van der Waals surface area contributed by atoms with Crippen LogP contribution in [-0.2, 0) is 17.4 Å². The summed E-state index contributed by atoms with van der Waals surface area (Å²) < 4.78 is 1.70. The average Bonchev–Trinajstić information content (AvgIpc) is 2.95. The van der Waals surface area contributed by atoms with E-state index in [2.05, 4.69) is 57.7 Å². The first-order valence-corrected chi connectivity index (χ1v) is 10.3. The highest BCUT2D eigenvalue weighted by molar-refractivity contribution is 6.17. The molecule has 8 heteroatoms. The number of carbonyl (C=O) groups is 2. The van der Waals surface area contributed by atoms with Crippen molar-refractivity contribution in [1.29, 1.82) is 0 Å². The molecular weight excluding hydrogens is 396 g/mol. The van der Waals surface area contributed by atoms with Crippen molar-refractivity contribution in [3.05, 3.63) is 29.0 Å². The van der Waals surface area contributed by atoms with Crippen LogP contribution in [-0.4, -0.2) is 27.0 Å². The Hall–Kier alpha value is -3.16. The van der Waals surface area contributed by atoms with Crippen LogP contribution in [0.5, 0.6) is 0 Å². The number of imide groups is 1. The summed E-state index contributed by atoms with van der Waals surface area (Å²) in [5, 5.41) is 29.3. The number of hydrogen-bond acceptors (Lipinski definition) is 6. The number of carboxylic acid groups (broad SMARTS) is 2. The largest absolute Gasteiger partial charge is 0.529 e. The Bertz CT molecular complexity index is 1200. The minimum absolute atomic E-state index is 0.0322. The molecule has 0 radical (unpaired) electrons. The zero-order chi connectivity index (χ0) is 23.5. The van der Waals surface area contributed by atoms with Gasteiger partial charge in [-0.05, 0) is 35.8 Å². The number of aryl methyl sites for hydroxylation is 2. The molecule has 0 unspecified atom stereocenters. The number of benzene rings is 1. The fourth-order valence-electron chi connectivity index (χ4n) is 4.19. The van der Waals surface area contributed by atoms with Crippen molar-refractivity contribution in [1.82, 2.24) is 14.8 Å². The predicted molar refractivity (Wildman–Crippen MR) is 116 cm³/mol. The standard InChI is InChI=1S/C23H30N4O4/c1-9-26-12(2)15-13-10-11-14(22(3,4)5)16(23(6,7)8)17(13)24-19(18(15)25-26)27(20(28)29)21(30)31/h10-11H,9H2,1-8H3,(H,28,29)(H,30,31)/p-2. The monoisotopic (exact) mass is 424 g/mol. The van der Waals surface area contributed by atoms with Crippen LogP contribution >= 0.6 is 0 Å². The Morgan fingerprint density at radius 1 is 1.00 bits per heavy atom. The fraction of sp³-hybridized carbons (Fsp3) is 0.478. The van der Waals surface area contributed by atoms with Crippen LogP contribution in [0.15, 0.2) is 12.1 Å². The van der Waals surface area contributed by atoms with Crippen molar-refractivity contribution >= 4 is 39.8 Å². The van der Waals surface area contributed by atoms with E-state index in [9.17, 15) is 19.8 Å². The van der Waals surface area contributed by atoms with E-state index >= 15 is 0 Å². The van der Waals surface area contributed by atoms with E-state index in [-0.39, 0.29) is 27.1 Å². The van der Waals surface area contributed by atoms with Gasteiger partial charge in [0, 0.05) is 23.0 Å². The van der Waals surface area contributed by atoms with E-state index in [0.717, 1.165) is 22.2 Å². The van der Waals surface area contributed by atoms with E-state index in [0.29, 0.717) is 17.4 Å². The summed E-state index contributed by atoms with van der Waals surface area (Å²) in [6.07, 6.45) is -3.86. The first-order chi connectivity index (χ1) is 14.2. The van der Waals surface area contributed by atoms with Crippen molar-refractivity contribution in [2.75, 3.05) is 4.90 Å². The fourth-order valence-corrected chi connectivity index (χ4v) is 4.19. The Labute approximate surface area is 181 Å². The minimum Gasteiger partial charge on any atom is -0.529 e. The number of amides is 2. The lowest BCUT2D eigenvalue weighted by molar-refractivity contribution is -0.262. The van der Waals surface area contributed by atoms with Crippen molar-refractivity contribution in [2.45, 2.75) is 72.8 Å². The summed E-state index contributed by atoms with van der Waals surface area (Å²) in [7, 11) is 0. The number of aromatic nitrogens is 3. The number of fused-ring (bicyclic) bond motifs is 3. The highest BCUT2D eigenvalue weighted by Gasteiger charge is 2.30. The van der Waals surface area contributed by atoms with Gasteiger partial charge in [-0.2, -0.15) is 5.10 Å². The van der Waals surface area contributed by atoms with Crippen molar-refractivity contribution < 1.29 is 19.8 Å². The van der Waals surface area contributed by atoms with Crippen molar-refractivity contribution in [3.63, 3.8) is 0 Å². The quantitative estimate of drug-likeness (QED) is 0.625. The summed E-state index contributed by atoms with van der Waals surface area (Å²) in [5.74, 6) is -0.311. The molecule has 31 heavy (non-hydrogen) atoms. The van der Waals surface area contributed by atoms with Gasteiger partial charge in [-0.25, -0.2) is 4.98 Å². The molecule has 2 aromatic heterocycles. The third kappa shape index (κ3) is 3.60. The van der Waals surface area contributed by atoms with Gasteiger partial charge in [-0.3, -0.25) is 9.58 Å². The molecule has 3 aromatic rings. The van der Waals surface area contributed by atoms with E-state index in [4.69, 9.17) is 0 Å². The van der Waals surface area contributed by atoms with Gasteiger partial charge in [0.15, 0.2) is 5.82 Å². The highest BCUT2D eigenvalue weighted by Crippen LogP contribution is 2.42. The second-order valence-corrected chi connectivity index (χ2v) is 9.81. The van der Waals surface area contributed by atoms with Crippen LogP contribution in [0.1, 0.15) is 65.3 Å². The molecule has 0 saturated carbocycles. The second-order valence-electron chi connectivity index (χ2n) is 9.81. The highest BCUT2D eigenvalue weighted by atomic mass is 16.4. The Kier molecular flexibility index (Phi) is 5.24. The molecule has 1 aromatic carbocycles. The molecule has 0 aliphatic heterocycles. The van der Waals surface area contributed by atoms with Gasteiger partial charge in [0.05, 0.1) is 5.52 Å². The summed E-state index contributed by atoms with van der Waals surface area (Å²) in [6.45, 7) is 16.8. The molecule has 0 aliphatic carbocycles. The van der Waals surface area contributed by atoms with Crippen LogP contribution in [0.3, 0.4) is 0 Å². The van der Waals surface area contributed by atoms with E-state index < -0.39 is 12.2 Å². The molecule has 0 aliphatic rings. The van der Waals surface area contributed by atoms with Gasteiger partial charge in [-0.15, -0.1) is 0 Å². The molecule has 0 N–H and O–H groups in total. The SMILES string of the molecule is CCn1nc2c(N(C(=O)[O-])C(=O)[O-])nc3c(C(C)(C)C)c(C(C)(C)C)ccc3c2c1C. The normalized spacial score (nSPS) is 12.5. The van der Waals surface area contributed by atoms with Gasteiger partial charge in [-0.1, -0.05) is 53.7 Å².